The molecule has 0 atom stereocenters. The van der Waals surface area contributed by atoms with Gasteiger partial charge in [-0.05, 0) is 18.2 Å². The van der Waals surface area contributed by atoms with Crippen LogP contribution in [-0.2, 0) is 0 Å². The molecule has 0 aliphatic heterocycles. The number of nitrogen functional groups attached to an aromatic ring is 1. The molecule has 0 aliphatic rings. The van der Waals surface area contributed by atoms with Crippen LogP contribution in [0.5, 0.6) is 5.75 Å². The van der Waals surface area contributed by atoms with E-state index in [1.54, 1.807) is 6.07 Å². The summed E-state index contributed by atoms with van der Waals surface area (Å²) >= 11 is 1.16. The van der Waals surface area contributed by atoms with Gasteiger partial charge in [0.1, 0.15) is 11.4 Å². The fraction of sp³-hybridized carbons (Fsp3) is 0.0833. The normalized spacial score (nSPS) is 10.1. The van der Waals surface area contributed by atoms with Crippen molar-refractivity contribution in [3.05, 3.63) is 34.8 Å². The van der Waals surface area contributed by atoms with Gasteiger partial charge in [-0.2, -0.15) is 0 Å². The highest BCUT2D eigenvalue weighted by Crippen LogP contribution is 2.26. The first kappa shape index (κ1) is 13.8. The molecule has 0 aliphatic carbocycles. The van der Waals surface area contributed by atoms with E-state index in [0.717, 1.165) is 11.3 Å². The van der Waals surface area contributed by atoms with Crippen LogP contribution in [0.3, 0.4) is 0 Å². The minimum atomic E-state index is -0.596. The lowest BCUT2D eigenvalue weighted by Crippen LogP contribution is -2.15. The Kier molecular flexibility index (Phi) is 3.85. The Labute approximate surface area is 118 Å². The molecule has 8 heteroatoms. The molecule has 0 bridgehead atoms. The fourth-order valence-corrected chi connectivity index (χ4v) is 2.08. The lowest BCUT2D eigenvalue weighted by molar-refractivity contribution is 0.0995. The molecule has 2 rings (SSSR count). The third-order valence-corrected chi connectivity index (χ3v) is 3.16. The molecular formula is C12H12N4O3S. The number of nitrogens with zero attached hydrogens (tertiary/aromatic N) is 1. The average Bonchev–Trinajstić information content (AvgIpc) is 2.85. The number of ether oxygens (including phenoxy) is 1. The third kappa shape index (κ3) is 2.86. The van der Waals surface area contributed by atoms with Crippen LogP contribution in [0.1, 0.15) is 20.8 Å². The van der Waals surface area contributed by atoms with Crippen LogP contribution in [0.15, 0.2) is 23.6 Å². The molecule has 104 valence electrons. The Morgan fingerprint density at radius 1 is 1.40 bits per heavy atom. The maximum absolute atomic E-state index is 12.0. The molecule has 0 unspecified atom stereocenters. The fourth-order valence-electron chi connectivity index (χ4n) is 1.54. The molecular weight excluding hydrogens is 280 g/mol. The predicted molar refractivity (Wildman–Crippen MR) is 76.0 cm³/mol. The number of carbonyl (C=O) groups excluding carboxylic acids is 2. The van der Waals surface area contributed by atoms with Gasteiger partial charge in [0.15, 0.2) is 5.13 Å². The summed E-state index contributed by atoms with van der Waals surface area (Å²) in [6.07, 6.45) is 0. The summed E-state index contributed by atoms with van der Waals surface area (Å²) in [5.41, 5.74) is 11.5. The highest BCUT2D eigenvalue weighted by Gasteiger charge is 2.14. The number of rotatable bonds is 4. The van der Waals surface area contributed by atoms with Crippen molar-refractivity contribution in [2.45, 2.75) is 0 Å². The van der Waals surface area contributed by atoms with Crippen LogP contribution in [-0.4, -0.2) is 23.9 Å². The number of hydrogen-bond donors (Lipinski definition) is 3. The van der Waals surface area contributed by atoms with E-state index in [0.29, 0.717) is 16.6 Å². The molecule has 2 amide bonds. The Hall–Kier alpha value is -2.61. The number of nitrogens with one attached hydrogen (secondary N) is 1. The number of primary amides is 1. The molecule has 1 heterocycles. The molecule has 7 nitrogen and oxygen atoms in total. The summed E-state index contributed by atoms with van der Waals surface area (Å²) in [7, 11) is 1.45. The predicted octanol–water partition coefficient (Wildman–Crippen LogP) is 1.09. The van der Waals surface area contributed by atoms with Crippen LogP contribution < -0.4 is 21.5 Å². The zero-order valence-corrected chi connectivity index (χ0v) is 11.4. The van der Waals surface area contributed by atoms with Gasteiger partial charge in [-0.1, -0.05) is 0 Å². The lowest BCUT2D eigenvalue weighted by Gasteiger charge is -2.10. The molecule has 0 spiro atoms. The minimum absolute atomic E-state index is 0.194. The van der Waals surface area contributed by atoms with Crippen LogP contribution in [0, 0.1) is 0 Å². The number of benzene rings is 1. The molecule has 0 saturated heterocycles. The van der Waals surface area contributed by atoms with E-state index in [1.165, 1.54) is 24.6 Å². The summed E-state index contributed by atoms with van der Waals surface area (Å²) in [6.45, 7) is 0. The zero-order chi connectivity index (χ0) is 14.7. The van der Waals surface area contributed by atoms with Gasteiger partial charge in [0, 0.05) is 10.9 Å². The van der Waals surface area contributed by atoms with Crippen molar-refractivity contribution in [2.24, 2.45) is 5.73 Å². The van der Waals surface area contributed by atoms with Gasteiger partial charge in [-0.15, -0.1) is 11.3 Å². The summed E-state index contributed by atoms with van der Waals surface area (Å²) in [5.74, 6) is -0.634. The van der Waals surface area contributed by atoms with Gasteiger partial charge in [0.2, 0.25) is 5.91 Å². The van der Waals surface area contributed by atoms with Gasteiger partial charge in [0.05, 0.1) is 12.8 Å². The topological polar surface area (TPSA) is 120 Å². The molecule has 0 radical (unpaired) electrons. The van der Waals surface area contributed by atoms with E-state index in [4.69, 9.17) is 16.2 Å². The number of amides is 2. The zero-order valence-electron chi connectivity index (χ0n) is 10.5. The van der Waals surface area contributed by atoms with Crippen molar-refractivity contribution in [3.63, 3.8) is 0 Å². The second-order valence-corrected chi connectivity index (χ2v) is 4.69. The molecule has 0 saturated carbocycles. The first-order valence-electron chi connectivity index (χ1n) is 5.51. The van der Waals surface area contributed by atoms with E-state index in [-0.39, 0.29) is 11.3 Å². The van der Waals surface area contributed by atoms with E-state index in [2.05, 4.69) is 10.3 Å². The first-order chi connectivity index (χ1) is 9.51. The summed E-state index contributed by atoms with van der Waals surface area (Å²) in [6, 6.07) is 4.50. The second-order valence-electron chi connectivity index (χ2n) is 3.80. The van der Waals surface area contributed by atoms with Crippen molar-refractivity contribution >= 4 is 34.0 Å². The van der Waals surface area contributed by atoms with Crippen molar-refractivity contribution in [1.29, 1.82) is 0 Å². The summed E-state index contributed by atoms with van der Waals surface area (Å²) in [5, 5.41) is 4.44. The summed E-state index contributed by atoms with van der Waals surface area (Å²) in [4.78, 5) is 27.0. The van der Waals surface area contributed by atoms with Gasteiger partial charge in [-0.25, -0.2) is 4.98 Å². The Morgan fingerprint density at radius 2 is 2.15 bits per heavy atom. The number of aromatic nitrogens is 1. The maximum Gasteiger partial charge on any atom is 0.275 e. The first-order valence-corrected chi connectivity index (χ1v) is 6.39. The van der Waals surface area contributed by atoms with Gasteiger partial charge in [-0.3, -0.25) is 9.59 Å². The number of hydrogen-bond acceptors (Lipinski definition) is 6. The molecule has 1 aromatic carbocycles. The standard InChI is InChI=1S/C12H12N4O3S/c1-19-9-3-2-6(10(13)17)4-7(9)15-11(18)8-5-20-12(14)16-8/h2-5H,1H3,(H2,13,17)(H2,14,16)(H,15,18). The van der Waals surface area contributed by atoms with Crippen molar-refractivity contribution in [2.75, 3.05) is 18.2 Å². The smallest absolute Gasteiger partial charge is 0.275 e. The molecule has 2 aromatic rings. The van der Waals surface area contributed by atoms with Crippen LogP contribution in [0.2, 0.25) is 0 Å². The van der Waals surface area contributed by atoms with Gasteiger partial charge < -0.3 is 21.5 Å². The van der Waals surface area contributed by atoms with E-state index >= 15 is 0 Å². The molecule has 5 N–H and O–H groups in total. The van der Waals surface area contributed by atoms with Crippen molar-refractivity contribution in [3.8, 4) is 5.75 Å². The Morgan fingerprint density at radius 3 is 2.70 bits per heavy atom. The minimum Gasteiger partial charge on any atom is -0.495 e. The van der Waals surface area contributed by atoms with Crippen molar-refractivity contribution < 1.29 is 14.3 Å². The van der Waals surface area contributed by atoms with E-state index in [9.17, 15) is 9.59 Å². The quantitative estimate of drug-likeness (QED) is 0.778. The SMILES string of the molecule is COc1ccc(C(N)=O)cc1NC(=O)c1csc(N)n1. The largest absolute Gasteiger partial charge is 0.495 e. The molecule has 20 heavy (non-hydrogen) atoms. The number of methoxy groups -OCH3 is 1. The average molecular weight is 292 g/mol. The second kappa shape index (κ2) is 5.57. The maximum atomic E-state index is 12.0. The van der Waals surface area contributed by atoms with Crippen molar-refractivity contribution in [1.82, 2.24) is 4.98 Å². The van der Waals surface area contributed by atoms with Crippen LogP contribution in [0.4, 0.5) is 10.8 Å². The van der Waals surface area contributed by atoms with Gasteiger partial charge >= 0.3 is 0 Å². The third-order valence-electron chi connectivity index (χ3n) is 2.49. The number of anilines is 2. The van der Waals surface area contributed by atoms with Crippen LogP contribution >= 0.6 is 11.3 Å². The number of carbonyl (C=O) groups is 2. The number of nitrogens with two attached hydrogens (primary N) is 2. The Bertz CT molecular complexity index is 668. The van der Waals surface area contributed by atoms with Crippen LogP contribution in [0.25, 0.3) is 0 Å². The summed E-state index contributed by atoms with van der Waals surface area (Å²) < 4.78 is 5.11. The lowest BCUT2D eigenvalue weighted by atomic mass is 10.1. The highest BCUT2D eigenvalue weighted by molar-refractivity contribution is 7.13. The van der Waals surface area contributed by atoms with E-state index in [1.807, 2.05) is 0 Å². The Balaban J connectivity index is 2.29. The molecule has 0 fully saturated rings. The van der Waals surface area contributed by atoms with Gasteiger partial charge in [0.25, 0.3) is 5.91 Å². The highest BCUT2D eigenvalue weighted by atomic mass is 32.1. The number of thiazole rings is 1. The molecule has 1 aromatic heterocycles. The monoisotopic (exact) mass is 292 g/mol. The van der Waals surface area contributed by atoms with E-state index < -0.39 is 11.8 Å².